The van der Waals surface area contributed by atoms with Crippen LogP contribution in [0.15, 0.2) is 6.07 Å². The largest absolute Gasteiger partial charge is 0.496 e. The van der Waals surface area contributed by atoms with E-state index in [1.54, 1.807) is 14.2 Å². The van der Waals surface area contributed by atoms with Crippen molar-refractivity contribution in [1.29, 1.82) is 0 Å². The third kappa shape index (κ3) is 2.97. The molecule has 0 amide bonds. The maximum Gasteiger partial charge on any atom is 0.128 e. The first kappa shape index (κ1) is 15.3. The highest BCUT2D eigenvalue weighted by atomic mass is 35.5. The lowest BCUT2D eigenvalue weighted by molar-refractivity contribution is 0.172. The van der Waals surface area contributed by atoms with Gasteiger partial charge in [0.15, 0.2) is 0 Å². The van der Waals surface area contributed by atoms with E-state index in [0.717, 1.165) is 22.4 Å². The first-order chi connectivity index (χ1) is 8.43. The smallest absolute Gasteiger partial charge is 0.128 e. The molecule has 0 aliphatic rings. The van der Waals surface area contributed by atoms with Crippen LogP contribution >= 0.6 is 11.6 Å². The summed E-state index contributed by atoms with van der Waals surface area (Å²) >= 11 is 6.25. The molecule has 1 atom stereocenters. The molecule has 102 valence electrons. The first-order valence-corrected chi connectivity index (χ1v) is 6.51. The number of benzene rings is 1. The molecule has 0 saturated carbocycles. The Morgan fingerprint density at radius 1 is 1.44 bits per heavy atom. The molecule has 1 unspecified atom stereocenters. The van der Waals surface area contributed by atoms with E-state index < -0.39 is 6.10 Å². The van der Waals surface area contributed by atoms with Gasteiger partial charge in [-0.2, -0.15) is 0 Å². The molecule has 0 heterocycles. The molecule has 18 heavy (non-hydrogen) atoms. The third-order valence-corrected chi connectivity index (χ3v) is 3.50. The van der Waals surface area contributed by atoms with Crippen LogP contribution in [0, 0.1) is 6.92 Å². The molecule has 0 saturated heterocycles. The van der Waals surface area contributed by atoms with Crippen molar-refractivity contribution in [2.24, 2.45) is 0 Å². The van der Waals surface area contributed by atoms with Crippen molar-refractivity contribution in [3.63, 3.8) is 0 Å². The van der Waals surface area contributed by atoms with Crippen molar-refractivity contribution < 1.29 is 9.84 Å². The Morgan fingerprint density at radius 3 is 2.50 bits per heavy atom. The Bertz CT molecular complexity index is 419. The van der Waals surface area contributed by atoms with Gasteiger partial charge in [0.25, 0.3) is 0 Å². The molecule has 0 bridgehead atoms. The van der Waals surface area contributed by atoms with E-state index in [0.29, 0.717) is 17.5 Å². The van der Waals surface area contributed by atoms with Gasteiger partial charge in [-0.25, -0.2) is 0 Å². The van der Waals surface area contributed by atoms with Gasteiger partial charge < -0.3 is 15.2 Å². The quantitative estimate of drug-likeness (QED) is 0.865. The lowest BCUT2D eigenvalue weighted by Crippen LogP contribution is -2.19. The van der Waals surface area contributed by atoms with Crippen LogP contribution in [0.25, 0.3) is 0 Å². The number of nitrogens with one attached hydrogen (secondary N) is 1. The Balaban J connectivity index is 3.45. The maximum atomic E-state index is 10.2. The Hall–Kier alpha value is -0.770. The molecular weight excluding hydrogens is 250 g/mol. The van der Waals surface area contributed by atoms with Gasteiger partial charge in [-0.1, -0.05) is 25.4 Å². The van der Waals surface area contributed by atoms with E-state index in [-0.39, 0.29) is 0 Å². The standard InChI is InChI=1S/C14H22ClNO2/c1-8(2)10-6-11(15)9(3)13(14(10)18-5)12(17)7-16-4/h6,8,12,16-17H,7H2,1-5H3. The Morgan fingerprint density at radius 2 is 2.06 bits per heavy atom. The number of aliphatic hydroxyl groups is 1. The highest BCUT2D eigenvalue weighted by Gasteiger charge is 2.22. The van der Waals surface area contributed by atoms with Crippen LogP contribution in [-0.2, 0) is 0 Å². The van der Waals surface area contributed by atoms with Gasteiger partial charge in [-0.05, 0) is 37.1 Å². The Kier molecular flexibility index (Phi) is 5.45. The molecule has 0 aliphatic carbocycles. The molecule has 0 aromatic heterocycles. The fourth-order valence-electron chi connectivity index (χ4n) is 2.12. The monoisotopic (exact) mass is 271 g/mol. The summed E-state index contributed by atoms with van der Waals surface area (Å²) in [6.45, 7) is 6.54. The highest BCUT2D eigenvalue weighted by molar-refractivity contribution is 6.31. The zero-order valence-corrected chi connectivity index (χ0v) is 12.4. The van der Waals surface area contributed by atoms with Crippen LogP contribution in [0.1, 0.15) is 42.6 Å². The molecule has 2 N–H and O–H groups in total. The van der Waals surface area contributed by atoms with Crippen molar-refractivity contribution in [3.8, 4) is 5.75 Å². The van der Waals surface area contributed by atoms with Gasteiger partial charge >= 0.3 is 0 Å². The fourth-order valence-corrected chi connectivity index (χ4v) is 2.34. The van der Waals surface area contributed by atoms with Crippen molar-refractivity contribution in [3.05, 3.63) is 27.8 Å². The van der Waals surface area contributed by atoms with E-state index in [4.69, 9.17) is 16.3 Å². The molecule has 1 aromatic rings. The summed E-state index contributed by atoms with van der Waals surface area (Å²) in [5.41, 5.74) is 2.68. The minimum atomic E-state index is -0.624. The number of hydrogen-bond donors (Lipinski definition) is 2. The van der Waals surface area contributed by atoms with Crippen molar-refractivity contribution in [2.45, 2.75) is 32.8 Å². The number of methoxy groups -OCH3 is 1. The van der Waals surface area contributed by atoms with Gasteiger partial charge in [0.1, 0.15) is 5.75 Å². The van der Waals surface area contributed by atoms with Gasteiger partial charge in [-0.3, -0.25) is 0 Å². The second-order valence-corrected chi connectivity index (χ2v) is 5.15. The average molecular weight is 272 g/mol. The number of halogens is 1. The summed E-state index contributed by atoms with van der Waals surface area (Å²) in [5, 5.41) is 13.9. The lowest BCUT2D eigenvalue weighted by atomic mass is 9.93. The normalized spacial score (nSPS) is 12.9. The number of hydrogen-bond acceptors (Lipinski definition) is 3. The van der Waals surface area contributed by atoms with Crippen LogP contribution in [0.2, 0.25) is 5.02 Å². The fraction of sp³-hybridized carbons (Fsp3) is 0.571. The first-order valence-electron chi connectivity index (χ1n) is 6.13. The molecule has 3 nitrogen and oxygen atoms in total. The number of rotatable bonds is 5. The minimum Gasteiger partial charge on any atom is -0.496 e. The molecule has 1 rings (SSSR count). The van der Waals surface area contributed by atoms with E-state index in [1.165, 1.54) is 0 Å². The summed E-state index contributed by atoms with van der Waals surface area (Å²) in [7, 11) is 3.43. The van der Waals surface area contributed by atoms with Crippen molar-refractivity contribution in [1.82, 2.24) is 5.32 Å². The molecule has 0 aliphatic heterocycles. The molecule has 0 fully saturated rings. The zero-order chi connectivity index (χ0) is 13.9. The summed E-state index contributed by atoms with van der Waals surface area (Å²) < 4.78 is 5.49. The van der Waals surface area contributed by atoms with E-state index >= 15 is 0 Å². The minimum absolute atomic E-state index is 0.290. The summed E-state index contributed by atoms with van der Waals surface area (Å²) in [6, 6.07) is 1.93. The van der Waals surface area contributed by atoms with E-state index in [9.17, 15) is 5.11 Å². The molecule has 4 heteroatoms. The van der Waals surface area contributed by atoms with Crippen LogP contribution in [0.4, 0.5) is 0 Å². The second kappa shape index (κ2) is 6.41. The van der Waals surface area contributed by atoms with Crippen LogP contribution in [0.3, 0.4) is 0 Å². The maximum absolute atomic E-state index is 10.2. The Labute approximate surface area is 114 Å². The molecular formula is C14H22ClNO2. The SMILES string of the molecule is CNCC(O)c1c(C)c(Cl)cc(C(C)C)c1OC. The third-order valence-electron chi connectivity index (χ3n) is 3.11. The predicted octanol–water partition coefficient (Wildman–Crippen LogP) is 3.03. The lowest BCUT2D eigenvalue weighted by Gasteiger charge is -2.22. The van der Waals surface area contributed by atoms with Crippen molar-refractivity contribution in [2.75, 3.05) is 20.7 Å². The average Bonchev–Trinajstić information content (AvgIpc) is 2.31. The van der Waals surface area contributed by atoms with Gasteiger partial charge in [0.2, 0.25) is 0 Å². The number of ether oxygens (including phenoxy) is 1. The van der Waals surface area contributed by atoms with Crippen LogP contribution in [-0.4, -0.2) is 25.8 Å². The molecule has 0 spiro atoms. The van der Waals surface area contributed by atoms with E-state index in [2.05, 4.69) is 19.2 Å². The van der Waals surface area contributed by atoms with Crippen LogP contribution in [0.5, 0.6) is 5.75 Å². The van der Waals surface area contributed by atoms with Gasteiger partial charge in [0.05, 0.1) is 13.2 Å². The van der Waals surface area contributed by atoms with Crippen LogP contribution < -0.4 is 10.1 Å². The topological polar surface area (TPSA) is 41.5 Å². The molecule has 0 radical (unpaired) electrons. The van der Waals surface area contributed by atoms with Gasteiger partial charge in [0, 0.05) is 17.1 Å². The summed E-state index contributed by atoms with van der Waals surface area (Å²) in [5.74, 6) is 1.04. The number of aliphatic hydroxyl groups excluding tert-OH is 1. The highest BCUT2D eigenvalue weighted by Crippen LogP contribution is 2.39. The predicted molar refractivity (Wildman–Crippen MR) is 75.7 cm³/mol. The van der Waals surface area contributed by atoms with Gasteiger partial charge in [-0.15, -0.1) is 0 Å². The number of likely N-dealkylation sites (N-methyl/N-ethyl adjacent to an activating group) is 1. The van der Waals surface area contributed by atoms with E-state index in [1.807, 2.05) is 13.0 Å². The zero-order valence-electron chi connectivity index (χ0n) is 11.7. The molecule has 1 aromatic carbocycles. The summed E-state index contributed by atoms with van der Waals surface area (Å²) in [6.07, 6.45) is -0.624. The summed E-state index contributed by atoms with van der Waals surface area (Å²) in [4.78, 5) is 0. The van der Waals surface area contributed by atoms with Crippen molar-refractivity contribution >= 4 is 11.6 Å². The second-order valence-electron chi connectivity index (χ2n) is 4.75.